The van der Waals surface area contributed by atoms with E-state index < -0.39 is 16.1 Å². The van der Waals surface area contributed by atoms with Crippen molar-refractivity contribution in [1.29, 1.82) is 0 Å². The molecular formula is C27H35N5O4S. The van der Waals surface area contributed by atoms with Gasteiger partial charge in [-0.2, -0.15) is 12.7 Å². The van der Waals surface area contributed by atoms with Crippen LogP contribution in [-0.2, 0) is 19.7 Å². The van der Waals surface area contributed by atoms with Crippen LogP contribution >= 0.6 is 0 Å². The number of unbranched alkanes of at least 4 members (excludes halogenated alkanes) is 1. The summed E-state index contributed by atoms with van der Waals surface area (Å²) in [6.45, 7) is 4.99. The Kier molecular flexibility index (Phi) is 10.1. The van der Waals surface area contributed by atoms with Gasteiger partial charge >= 0.3 is 10.2 Å². The molecule has 0 saturated heterocycles. The lowest BCUT2D eigenvalue weighted by atomic mass is 10.0. The van der Waals surface area contributed by atoms with E-state index in [0.717, 1.165) is 45.6 Å². The van der Waals surface area contributed by atoms with Crippen LogP contribution in [0, 0.1) is 0 Å². The predicted octanol–water partition coefficient (Wildman–Crippen LogP) is 3.74. The molecule has 198 valence electrons. The second-order valence-electron chi connectivity index (χ2n) is 9.02. The smallest absolute Gasteiger partial charge is 0.303 e. The highest BCUT2D eigenvalue weighted by atomic mass is 32.2. The highest BCUT2D eigenvalue weighted by molar-refractivity contribution is 7.87. The Morgan fingerprint density at radius 1 is 0.946 bits per heavy atom. The van der Waals surface area contributed by atoms with Crippen molar-refractivity contribution in [1.82, 2.24) is 19.0 Å². The van der Waals surface area contributed by atoms with Gasteiger partial charge in [0.05, 0.1) is 17.6 Å². The lowest BCUT2D eigenvalue weighted by molar-refractivity contribution is -0.123. The third-order valence-corrected chi connectivity index (χ3v) is 7.11. The van der Waals surface area contributed by atoms with Gasteiger partial charge in [-0.3, -0.25) is 9.78 Å². The second-order valence-corrected chi connectivity index (χ2v) is 10.9. The average Bonchev–Trinajstić information content (AvgIpc) is 2.88. The zero-order chi connectivity index (χ0) is 26.8. The Labute approximate surface area is 219 Å². The van der Waals surface area contributed by atoms with Gasteiger partial charge < -0.3 is 9.64 Å². The van der Waals surface area contributed by atoms with Crippen LogP contribution in [-0.4, -0.2) is 68.5 Å². The summed E-state index contributed by atoms with van der Waals surface area (Å²) in [5.41, 5.74) is 3.68. The first-order valence-corrected chi connectivity index (χ1v) is 13.7. The molecule has 0 fully saturated rings. The molecule has 37 heavy (non-hydrogen) atoms. The summed E-state index contributed by atoms with van der Waals surface area (Å²) in [6.07, 6.45) is 3.33. The quantitative estimate of drug-likeness (QED) is 0.339. The van der Waals surface area contributed by atoms with Crippen molar-refractivity contribution >= 4 is 21.9 Å². The molecule has 10 heteroatoms. The van der Waals surface area contributed by atoms with Gasteiger partial charge in [0.15, 0.2) is 0 Å². The first-order chi connectivity index (χ1) is 17.7. The molecule has 3 aromatic rings. The molecule has 9 nitrogen and oxygen atoms in total. The molecule has 0 bridgehead atoms. The summed E-state index contributed by atoms with van der Waals surface area (Å²) in [5.74, 6) is 0.0995. The second kappa shape index (κ2) is 13.3. The predicted molar refractivity (Wildman–Crippen MR) is 146 cm³/mol. The van der Waals surface area contributed by atoms with Crippen molar-refractivity contribution in [3.8, 4) is 22.5 Å². The van der Waals surface area contributed by atoms with Gasteiger partial charge in [-0.1, -0.05) is 60.7 Å². The number of ether oxygens (including phenoxy) is 1. The minimum Gasteiger partial charge on any atom is -0.372 e. The SMILES string of the molecule is CC(C)N(CCCCOCC(=O)NS(=O)(=O)N(C)C)c1cnc(-c2ccccc2)c(-c2ccccc2)n1. The maximum absolute atomic E-state index is 11.8. The van der Waals surface area contributed by atoms with Gasteiger partial charge in [0, 0.05) is 44.4 Å². The first kappa shape index (κ1) is 28.2. The van der Waals surface area contributed by atoms with E-state index in [9.17, 15) is 13.2 Å². The number of benzene rings is 2. The molecule has 1 N–H and O–H groups in total. The van der Waals surface area contributed by atoms with E-state index in [1.54, 1.807) is 0 Å². The summed E-state index contributed by atoms with van der Waals surface area (Å²) >= 11 is 0. The van der Waals surface area contributed by atoms with Crippen molar-refractivity contribution in [3.05, 3.63) is 66.9 Å². The largest absolute Gasteiger partial charge is 0.372 e. The maximum Gasteiger partial charge on any atom is 0.303 e. The fraction of sp³-hybridized carbons (Fsp3) is 0.370. The number of anilines is 1. The van der Waals surface area contributed by atoms with Crippen LogP contribution in [0.3, 0.4) is 0 Å². The van der Waals surface area contributed by atoms with Crippen LogP contribution in [0.1, 0.15) is 26.7 Å². The summed E-state index contributed by atoms with van der Waals surface area (Å²) in [5, 5.41) is 0. The van der Waals surface area contributed by atoms with Crippen LogP contribution in [0.4, 0.5) is 5.82 Å². The Hall–Kier alpha value is -3.34. The molecule has 0 atom stereocenters. The first-order valence-electron chi connectivity index (χ1n) is 12.2. The van der Waals surface area contributed by atoms with Gasteiger partial charge in [-0.15, -0.1) is 0 Å². The Bertz CT molecular complexity index is 1250. The molecule has 3 rings (SSSR count). The Morgan fingerprint density at radius 2 is 1.54 bits per heavy atom. The average molecular weight is 526 g/mol. The summed E-state index contributed by atoms with van der Waals surface area (Å²) in [7, 11) is -1.11. The van der Waals surface area contributed by atoms with Crippen molar-refractivity contribution in [2.75, 3.05) is 38.8 Å². The minimum absolute atomic E-state index is 0.198. The Balaban J connectivity index is 1.64. The van der Waals surface area contributed by atoms with E-state index in [4.69, 9.17) is 14.7 Å². The van der Waals surface area contributed by atoms with Crippen LogP contribution in [0.2, 0.25) is 0 Å². The van der Waals surface area contributed by atoms with Crippen molar-refractivity contribution in [3.63, 3.8) is 0 Å². The van der Waals surface area contributed by atoms with Crippen molar-refractivity contribution < 1.29 is 17.9 Å². The number of rotatable bonds is 13. The van der Waals surface area contributed by atoms with Gasteiger partial charge in [0.1, 0.15) is 12.4 Å². The van der Waals surface area contributed by atoms with Crippen LogP contribution in [0.25, 0.3) is 22.5 Å². The Morgan fingerprint density at radius 3 is 2.11 bits per heavy atom. The fourth-order valence-electron chi connectivity index (χ4n) is 3.68. The topological polar surface area (TPSA) is 105 Å². The zero-order valence-electron chi connectivity index (χ0n) is 21.8. The van der Waals surface area contributed by atoms with Crippen molar-refractivity contribution in [2.24, 2.45) is 0 Å². The van der Waals surface area contributed by atoms with Crippen LogP contribution < -0.4 is 9.62 Å². The summed E-state index contributed by atoms with van der Waals surface area (Å²) in [4.78, 5) is 23.9. The molecular weight excluding hydrogens is 490 g/mol. The number of carbonyl (C=O) groups is 1. The highest BCUT2D eigenvalue weighted by Crippen LogP contribution is 2.31. The van der Waals surface area contributed by atoms with Gasteiger partial charge in [0.2, 0.25) is 0 Å². The number of carbonyl (C=O) groups excluding carboxylic acids is 1. The number of nitrogens with zero attached hydrogens (tertiary/aromatic N) is 4. The molecule has 0 spiro atoms. The van der Waals surface area contributed by atoms with Gasteiger partial charge in [-0.25, -0.2) is 9.71 Å². The molecule has 1 heterocycles. The molecule has 2 aromatic carbocycles. The monoisotopic (exact) mass is 525 g/mol. The number of amides is 1. The molecule has 0 aliphatic heterocycles. The van der Waals surface area contributed by atoms with Gasteiger partial charge in [0.25, 0.3) is 5.91 Å². The number of aromatic nitrogens is 2. The lowest BCUT2D eigenvalue weighted by Gasteiger charge is -2.28. The normalized spacial score (nSPS) is 11.6. The van der Waals surface area contributed by atoms with E-state index in [-0.39, 0.29) is 12.6 Å². The third-order valence-electron chi connectivity index (χ3n) is 5.67. The third kappa shape index (κ3) is 8.08. The van der Waals surface area contributed by atoms with E-state index in [1.165, 1.54) is 14.1 Å². The molecule has 0 aliphatic rings. The number of hydrogen-bond donors (Lipinski definition) is 1. The molecule has 0 unspecified atom stereocenters. The number of hydrogen-bond acceptors (Lipinski definition) is 7. The fourth-order valence-corrected chi connectivity index (χ4v) is 4.20. The maximum atomic E-state index is 11.8. The van der Waals surface area contributed by atoms with Crippen molar-refractivity contribution in [2.45, 2.75) is 32.7 Å². The molecule has 0 aliphatic carbocycles. The highest BCUT2D eigenvalue weighted by Gasteiger charge is 2.18. The van der Waals surface area contributed by atoms with E-state index in [0.29, 0.717) is 13.0 Å². The van der Waals surface area contributed by atoms with Crippen LogP contribution in [0.15, 0.2) is 66.9 Å². The minimum atomic E-state index is -3.81. The van der Waals surface area contributed by atoms with E-state index >= 15 is 0 Å². The number of nitrogens with one attached hydrogen (secondary N) is 1. The molecule has 0 saturated carbocycles. The van der Waals surface area contributed by atoms with Gasteiger partial charge in [-0.05, 0) is 26.7 Å². The summed E-state index contributed by atoms with van der Waals surface area (Å²) in [6, 6.07) is 20.3. The molecule has 1 aromatic heterocycles. The van der Waals surface area contributed by atoms with E-state index in [2.05, 4.69) is 18.7 Å². The molecule has 1 amide bonds. The lowest BCUT2D eigenvalue weighted by Crippen LogP contribution is -2.41. The van der Waals surface area contributed by atoms with Crippen LogP contribution in [0.5, 0.6) is 0 Å². The summed E-state index contributed by atoms with van der Waals surface area (Å²) < 4.78 is 31.6. The zero-order valence-corrected chi connectivity index (χ0v) is 22.6. The van der Waals surface area contributed by atoms with E-state index in [1.807, 2.05) is 71.6 Å². The standard InChI is InChI=1S/C27H35N5O4S/c1-21(2)32(17-11-12-18-36-20-25(33)30-37(34,35)31(3)4)24-19-28-26(22-13-7-5-8-14-22)27(29-24)23-15-9-6-10-16-23/h5-10,13-16,19,21H,11-12,17-18,20H2,1-4H3,(H,30,33). The molecule has 0 radical (unpaired) electrons.